The molecule has 0 radical (unpaired) electrons. The lowest BCUT2D eigenvalue weighted by molar-refractivity contribution is -0.0165. The van der Waals surface area contributed by atoms with Gasteiger partial charge in [0, 0.05) is 18.5 Å². The first-order chi connectivity index (χ1) is 7.88. The lowest BCUT2D eigenvalue weighted by atomic mass is 10.1. The lowest BCUT2D eigenvalue weighted by Crippen LogP contribution is -2.39. The van der Waals surface area contributed by atoms with Crippen molar-refractivity contribution in [3.05, 3.63) is 11.1 Å². The predicted molar refractivity (Wildman–Crippen MR) is 61.2 cm³/mol. The Labute approximate surface area is 99.2 Å². The summed E-state index contributed by atoms with van der Waals surface area (Å²) < 4.78 is 9.41. The average Bonchev–Trinajstić information content (AvgIpc) is 2.80. The monoisotopic (exact) mass is 243 g/mol. The highest BCUT2D eigenvalue weighted by Crippen LogP contribution is 2.15. The predicted octanol–water partition coefficient (Wildman–Crippen LogP) is 0.511. The number of nitrogens with zero attached hydrogens (tertiary/aromatic N) is 3. The molecule has 0 aromatic carbocycles. The summed E-state index contributed by atoms with van der Waals surface area (Å²) in [5, 5.41) is 14.7. The summed E-state index contributed by atoms with van der Waals surface area (Å²) in [6, 6.07) is 0. The second kappa shape index (κ2) is 6.24. The molecular formula is C10H17N3O2S. The van der Waals surface area contributed by atoms with Crippen LogP contribution in [0.15, 0.2) is 5.38 Å². The molecule has 2 heterocycles. The zero-order chi connectivity index (χ0) is 11.2. The van der Waals surface area contributed by atoms with E-state index in [1.165, 1.54) is 11.5 Å². The Morgan fingerprint density at radius 2 is 2.56 bits per heavy atom. The molecule has 1 N–H and O–H groups in total. The van der Waals surface area contributed by atoms with Gasteiger partial charge in [-0.25, -0.2) is 0 Å². The minimum absolute atomic E-state index is 0.104. The molecular weight excluding hydrogens is 226 g/mol. The molecule has 1 atom stereocenters. The van der Waals surface area contributed by atoms with Crippen molar-refractivity contribution in [1.29, 1.82) is 0 Å². The van der Waals surface area contributed by atoms with Crippen molar-refractivity contribution in [2.45, 2.75) is 25.5 Å². The van der Waals surface area contributed by atoms with Gasteiger partial charge in [0.25, 0.3) is 0 Å². The van der Waals surface area contributed by atoms with Crippen molar-refractivity contribution in [3.8, 4) is 0 Å². The third-order valence-corrected chi connectivity index (χ3v) is 3.25. The molecule has 5 nitrogen and oxygen atoms in total. The van der Waals surface area contributed by atoms with E-state index in [1.807, 2.05) is 5.38 Å². The molecule has 0 amide bonds. The fraction of sp³-hybridized carbons (Fsp3) is 0.800. The molecule has 0 aliphatic carbocycles. The number of aliphatic hydroxyl groups excluding tert-OH is 1. The molecule has 0 spiro atoms. The zero-order valence-corrected chi connectivity index (χ0v) is 10.0. The number of ether oxygens (including phenoxy) is 1. The van der Waals surface area contributed by atoms with Crippen molar-refractivity contribution in [1.82, 2.24) is 14.5 Å². The molecule has 1 fully saturated rings. The maximum atomic E-state index is 8.71. The fourth-order valence-electron chi connectivity index (χ4n) is 1.99. The molecule has 1 aliphatic heterocycles. The third-order valence-electron chi connectivity index (χ3n) is 2.70. The van der Waals surface area contributed by atoms with Crippen LogP contribution in [0.5, 0.6) is 0 Å². The van der Waals surface area contributed by atoms with Crippen molar-refractivity contribution in [2.75, 3.05) is 26.3 Å². The van der Waals surface area contributed by atoms with Crippen LogP contribution >= 0.6 is 11.5 Å². The van der Waals surface area contributed by atoms with Crippen LogP contribution in [0.1, 0.15) is 18.5 Å². The summed E-state index contributed by atoms with van der Waals surface area (Å²) in [5.74, 6) is 0. The van der Waals surface area contributed by atoms with E-state index in [0.717, 1.165) is 38.2 Å². The van der Waals surface area contributed by atoms with Crippen molar-refractivity contribution >= 4 is 11.5 Å². The van der Waals surface area contributed by atoms with Crippen LogP contribution in [-0.4, -0.2) is 52.0 Å². The van der Waals surface area contributed by atoms with Gasteiger partial charge in [-0.1, -0.05) is 4.49 Å². The normalized spacial score (nSPS) is 22.4. The fourth-order valence-corrected chi connectivity index (χ4v) is 2.44. The topological polar surface area (TPSA) is 58.5 Å². The number of piperidine rings is 1. The summed E-state index contributed by atoms with van der Waals surface area (Å²) in [7, 11) is 0. The van der Waals surface area contributed by atoms with Gasteiger partial charge in [-0.05, 0) is 30.9 Å². The van der Waals surface area contributed by atoms with Crippen LogP contribution in [-0.2, 0) is 11.3 Å². The van der Waals surface area contributed by atoms with Crippen LogP contribution in [0, 0.1) is 0 Å². The van der Waals surface area contributed by atoms with Crippen molar-refractivity contribution < 1.29 is 9.84 Å². The maximum absolute atomic E-state index is 8.71. The molecule has 2 rings (SSSR count). The number of likely N-dealkylation sites (tertiary alicyclic amines) is 1. The SMILES string of the molecule is OCCOC1CCCN(Cc2csnn2)C1. The van der Waals surface area contributed by atoms with Gasteiger partial charge >= 0.3 is 0 Å². The molecule has 1 saturated heterocycles. The minimum Gasteiger partial charge on any atom is -0.394 e. The van der Waals surface area contributed by atoms with Gasteiger partial charge in [-0.15, -0.1) is 5.10 Å². The van der Waals surface area contributed by atoms with Crippen LogP contribution in [0.2, 0.25) is 0 Å². The van der Waals surface area contributed by atoms with Gasteiger partial charge in [0.2, 0.25) is 0 Å². The lowest BCUT2D eigenvalue weighted by Gasteiger charge is -2.31. The van der Waals surface area contributed by atoms with Gasteiger partial charge in [0.1, 0.15) is 0 Å². The molecule has 1 aliphatic rings. The van der Waals surface area contributed by atoms with Crippen molar-refractivity contribution in [3.63, 3.8) is 0 Å². The average molecular weight is 243 g/mol. The van der Waals surface area contributed by atoms with Gasteiger partial charge in [0.15, 0.2) is 0 Å². The molecule has 0 bridgehead atoms. The van der Waals surface area contributed by atoms with Crippen LogP contribution in [0.25, 0.3) is 0 Å². The Morgan fingerprint density at radius 3 is 3.31 bits per heavy atom. The molecule has 0 saturated carbocycles. The van der Waals surface area contributed by atoms with Crippen LogP contribution < -0.4 is 0 Å². The van der Waals surface area contributed by atoms with E-state index in [2.05, 4.69) is 14.5 Å². The second-order valence-electron chi connectivity index (χ2n) is 3.99. The standard InChI is InChI=1S/C10H17N3O2S/c14-4-5-15-10-2-1-3-13(7-10)6-9-8-16-12-11-9/h8,10,14H,1-7H2. The van der Waals surface area contributed by atoms with Gasteiger partial charge in [-0.2, -0.15) is 0 Å². The summed E-state index contributed by atoms with van der Waals surface area (Å²) in [5.41, 5.74) is 1.04. The summed E-state index contributed by atoms with van der Waals surface area (Å²) in [4.78, 5) is 2.34. The van der Waals surface area contributed by atoms with E-state index in [-0.39, 0.29) is 12.7 Å². The Bertz CT molecular complexity index is 294. The van der Waals surface area contributed by atoms with Crippen molar-refractivity contribution in [2.24, 2.45) is 0 Å². The molecule has 16 heavy (non-hydrogen) atoms. The molecule has 1 unspecified atom stereocenters. The number of hydrogen-bond donors (Lipinski definition) is 1. The van der Waals surface area contributed by atoms with E-state index in [0.29, 0.717) is 6.61 Å². The molecule has 1 aromatic heterocycles. The highest BCUT2D eigenvalue weighted by Gasteiger charge is 2.20. The molecule has 1 aromatic rings. The smallest absolute Gasteiger partial charge is 0.0895 e. The Hall–Kier alpha value is -0.560. The Kier molecular flexibility index (Phi) is 4.65. The van der Waals surface area contributed by atoms with E-state index in [4.69, 9.17) is 9.84 Å². The maximum Gasteiger partial charge on any atom is 0.0895 e. The summed E-state index contributed by atoms with van der Waals surface area (Å²) in [6.45, 7) is 3.42. The van der Waals surface area contributed by atoms with Crippen LogP contribution in [0.4, 0.5) is 0 Å². The van der Waals surface area contributed by atoms with E-state index >= 15 is 0 Å². The first-order valence-electron chi connectivity index (χ1n) is 5.59. The Morgan fingerprint density at radius 1 is 1.62 bits per heavy atom. The third kappa shape index (κ3) is 3.48. The van der Waals surface area contributed by atoms with Gasteiger partial charge in [0.05, 0.1) is 25.0 Å². The van der Waals surface area contributed by atoms with E-state index in [9.17, 15) is 0 Å². The molecule has 90 valence electrons. The number of rotatable bonds is 5. The number of hydrogen-bond acceptors (Lipinski definition) is 6. The zero-order valence-electron chi connectivity index (χ0n) is 9.21. The van der Waals surface area contributed by atoms with E-state index in [1.54, 1.807) is 0 Å². The quantitative estimate of drug-likeness (QED) is 0.816. The van der Waals surface area contributed by atoms with Gasteiger partial charge < -0.3 is 9.84 Å². The first kappa shape index (κ1) is 11.9. The first-order valence-corrected chi connectivity index (χ1v) is 6.43. The Balaban J connectivity index is 1.77. The molecule has 6 heteroatoms. The number of aromatic nitrogens is 2. The second-order valence-corrected chi connectivity index (χ2v) is 4.60. The van der Waals surface area contributed by atoms with Gasteiger partial charge in [-0.3, -0.25) is 4.90 Å². The minimum atomic E-state index is 0.104. The number of aliphatic hydroxyl groups is 1. The van der Waals surface area contributed by atoms with E-state index < -0.39 is 0 Å². The highest BCUT2D eigenvalue weighted by atomic mass is 32.1. The summed E-state index contributed by atoms with van der Waals surface area (Å²) >= 11 is 1.39. The summed E-state index contributed by atoms with van der Waals surface area (Å²) in [6.07, 6.45) is 2.49. The van der Waals surface area contributed by atoms with Crippen LogP contribution in [0.3, 0.4) is 0 Å². The largest absolute Gasteiger partial charge is 0.394 e. The highest BCUT2D eigenvalue weighted by molar-refractivity contribution is 7.03.